The zero-order chi connectivity index (χ0) is 22.5. The van der Waals surface area contributed by atoms with Gasteiger partial charge in [0.2, 0.25) is 11.8 Å². The first-order valence-electron chi connectivity index (χ1n) is 10.9. The Labute approximate surface area is 187 Å². The number of aromatic amines is 1. The standard InChI is InChI=1S/C24H29N5O3/c1-3-32-18-10-8-17(9-11-18)15-29-13-12-25-24(31)21(29)14-23(30)28(2)16-22-26-19-6-4-5-7-20(19)27-22/h4-11,21H,3,12-16H2,1-2H3,(H,25,31)(H,26,27)/t21-/m1/s1. The van der Waals surface area contributed by atoms with Crippen molar-refractivity contribution in [1.82, 2.24) is 25.1 Å². The zero-order valence-corrected chi connectivity index (χ0v) is 18.5. The Morgan fingerprint density at radius 3 is 2.75 bits per heavy atom. The summed E-state index contributed by atoms with van der Waals surface area (Å²) in [6, 6.07) is 15.1. The third-order valence-corrected chi connectivity index (χ3v) is 5.68. The molecule has 1 saturated heterocycles. The molecule has 0 spiro atoms. The highest BCUT2D eigenvalue weighted by Crippen LogP contribution is 2.18. The van der Waals surface area contributed by atoms with Gasteiger partial charge in [-0.15, -0.1) is 0 Å². The summed E-state index contributed by atoms with van der Waals surface area (Å²) < 4.78 is 5.50. The van der Waals surface area contributed by atoms with Gasteiger partial charge in [-0.1, -0.05) is 24.3 Å². The lowest BCUT2D eigenvalue weighted by atomic mass is 10.1. The molecule has 0 radical (unpaired) electrons. The van der Waals surface area contributed by atoms with Crippen molar-refractivity contribution in [3.63, 3.8) is 0 Å². The number of piperazine rings is 1. The Kier molecular flexibility index (Phi) is 6.70. The van der Waals surface area contributed by atoms with Gasteiger partial charge in [-0.2, -0.15) is 0 Å². The molecule has 2 N–H and O–H groups in total. The van der Waals surface area contributed by atoms with Crippen LogP contribution in [-0.4, -0.2) is 64.4 Å². The Bertz CT molecular complexity index is 1050. The van der Waals surface area contributed by atoms with Crippen LogP contribution in [0.1, 0.15) is 24.7 Å². The average molecular weight is 436 g/mol. The molecule has 8 nitrogen and oxygen atoms in total. The Morgan fingerprint density at radius 2 is 2.00 bits per heavy atom. The van der Waals surface area contributed by atoms with Crippen LogP contribution in [0.5, 0.6) is 5.75 Å². The fraction of sp³-hybridized carbons (Fsp3) is 0.375. The van der Waals surface area contributed by atoms with Crippen LogP contribution in [0.4, 0.5) is 0 Å². The van der Waals surface area contributed by atoms with Gasteiger partial charge in [0.25, 0.3) is 0 Å². The van der Waals surface area contributed by atoms with Gasteiger partial charge in [-0.3, -0.25) is 14.5 Å². The molecule has 1 aromatic heterocycles. The van der Waals surface area contributed by atoms with Gasteiger partial charge < -0.3 is 19.9 Å². The van der Waals surface area contributed by atoms with Crippen molar-refractivity contribution in [2.75, 3.05) is 26.7 Å². The van der Waals surface area contributed by atoms with E-state index in [0.29, 0.717) is 32.8 Å². The van der Waals surface area contributed by atoms with E-state index in [1.54, 1.807) is 11.9 Å². The fourth-order valence-electron chi connectivity index (χ4n) is 3.98. The number of nitrogens with one attached hydrogen (secondary N) is 2. The predicted molar refractivity (Wildman–Crippen MR) is 122 cm³/mol. The van der Waals surface area contributed by atoms with Crippen LogP contribution in [0.15, 0.2) is 48.5 Å². The summed E-state index contributed by atoms with van der Waals surface area (Å²) >= 11 is 0. The molecule has 1 atom stereocenters. The summed E-state index contributed by atoms with van der Waals surface area (Å²) in [6.45, 7) is 4.82. The molecule has 0 saturated carbocycles. The topological polar surface area (TPSA) is 90.6 Å². The monoisotopic (exact) mass is 435 g/mol. The molecule has 1 aliphatic rings. The summed E-state index contributed by atoms with van der Waals surface area (Å²) in [5, 5.41) is 2.90. The molecule has 1 fully saturated rings. The SMILES string of the molecule is CCOc1ccc(CN2CCNC(=O)[C@H]2CC(=O)N(C)Cc2nc3ccccc3[nH]2)cc1. The first-order chi connectivity index (χ1) is 15.5. The molecule has 32 heavy (non-hydrogen) atoms. The van der Waals surface area contributed by atoms with Gasteiger partial charge in [0, 0.05) is 26.7 Å². The maximum Gasteiger partial charge on any atom is 0.237 e. The van der Waals surface area contributed by atoms with E-state index in [1.807, 2.05) is 55.5 Å². The largest absolute Gasteiger partial charge is 0.494 e. The van der Waals surface area contributed by atoms with Gasteiger partial charge in [0.15, 0.2) is 0 Å². The van der Waals surface area contributed by atoms with Gasteiger partial charge >= 0.3 is 0 Å². The number of rotatable bonds is 8. The number of H-pyrrole nitrogens is 1. The van der Waals surface area contributed by atoms with Crippen molar-refractivity contribution in [2.24, 2.45) is 0 Å². The molecular formula is C24H29N5O3. The molecule has 2 amide bonds. The van der Waals surface area contributed by atoms with Crippen LogP contribution in [0.25, 0.3) is 11.0 Å². The highest BCUT2D eigenvalue weighted by Gasteiger charge is 2.32. The predicted octanol–water partition coefficient (Wildman–Crippen LogP) is 2.31. The number of carbonyl (C=O) groups excluding carboxylic acids is 2. The number of hydrogen-bond acceptors (Lipinski definition) is 5. The minimum atomic E-state index is -0.499. The second-order valence-electron chi connectivity index (χ2n) is 8.01. The van der Waals surface area contributed by atoms with Crippen molar-refractivity contribution < 1.29 is 14.3 Å². The van der Waals surface area contributed by atoms with E-state index < -0.39 is 6.04 Å². The van der Waals surface area contributed by atoms with Crippen LogP contribution in [0.2, 0.25) is 0 Å². The van der Waals surface area contributed by atoms with E-state index in [2.05, 4.69) is 20.2 Å². The maximum atomic E-state index is 13.0. The smallest absolute Gasteiger partial charge is 0.237 e. The molecule has 3 aromatic rings. The van der Waals surface area contributed by atoms with E-state index in [1.165, 1.54) is 0 Å². The molecule has 0 bridgehead atoms. The molecule has 1 aliphatic heterocycles. The minimum Gasteiger partial charge on any atom is -0.494 e. The molecule has 0 unspecified atom stereocenters. The summed E-state index contributed by atoms with van der Waals surface area (Å²) in [6.07, 6.45) is 0.125. The maximum absolute atomic E-state index is 13.0. The molecule has 4 rings (SSSR count). The van der Waals surface area contributed by atoms with Crippen LogP contribution < -0.4 is 10.1 Å². The van der Waals surface area contributed by atoms with Gasteiger partial charge in [0.05, 0.1) is 36.6 Å². The zero-order valence-electron chi connectivity index (χ0n) is 18.5. The number of fused-ring (bicyclic) bond motifs is 1. The lowest BCUT2D eigenvalue weighted by molar-refractivity contribution is -0.138. The van der Waals surface area contributed by atoms with Gasteiger partial charge in [-0.25, -0.2) is 4.98 Å². The number of hydrogen-bond donors (Lipinski definition) is 2. The highest BCUT2D eigenvalue weighted by atomic mass is 16.5. The van der Waals surface area contributed by atoms with Crippen molar-refractivity contribution in [1.29, 1.82) is 0 Å². The fourth-order valence-corrected chi connectivity index (χ4v) is 3.98. The molecule has 8 heteroatoms. The number of imidazole rings is 1. The van der Waals surface area contributed by atoms with Crippen LogP contribution in [-0.2, 0) is 22.7 Å². The third-order valence-electron chi connectivity index (χ3n) is 5.68. The first-order valence-corrected chi connectivity index (χ1v) is 10.9. The molecule has 168 valence electrons. The number of para-hydroxylation sites is 2. The summed E-state index contributed by atoms with van der Waals surface area (Å²) in [7, 11) is 1.74. The quantitative estimate of drug-likeness (QED) is 0.567. The lowest BCUT2D eigenvalue weighted by Gasteiger charge is -2.35. The molecular weight excluding hydrogens is 406 g/mol. The average Bonchev–Trinajstić information content (AvgIpc) is 3.20. The first kappa shape index (κ1) is 21.8. The number of amides is 2. The van der Waals surface area contributed by atoms with Gasteiger partial charge in [0.1, 0.15) is 11.6 Å². The number of ether oxygens (including phenoxy) is 1. The van der Waals surface area contributed by atoms with Gasteiger partial charge in [-0.05, 0) is 36.8 Å². The normalized spacial score (nSPS) is 16.7. The Hall–Kier alpha value is -3.39. The Balaban J connectivity index is 1.40. The van der Waals surface area contributed by atoms with E-state index in [4.69, 9.17) is 4.74 Å². The van der Waals surface area contributed by atoms with Crippen molar-refractivity contribution in [2.45, 2.75) is 32.5 Å². The number of benzene rings is 2. The van der Waals surface area contributed by atoms with E-state index >= 15 is 0 Å². The second kappa shape index (κ2) is 9.82. The Morgan fingerprint density at radius 1 is 1.22 bits per heavy atom. The van der Waals surface area contributed by atoms with E-state index in [9.17, 15) is 9.59 Å². The van der Waals surface area contributed by atoms with Crippen LogP contribution >= 0.6 is 0 Å². The third kappa shape index (κ3) is 5.08. The molecule has 0 aliphatic carbocycles. The van der Waals surface area contributed by atoms with Crippen molar-refractivity contribution in [3.8, 4) is 5.75 Å². The highest BCUT2D eigenvalue weighted by molar-refractivity contribution is 5.88. The summed E-state index contributed by atoms with van der Waals surface area (Å²) in [4.78, 5) is 37.0. The number of carbonyl (C=O) groups is 2. The minimum absolute atomic E-state index is 0.0933. The van der Waals surface area contributed by atoms with E-state index in [-0.39, 0.29) is 18.2 Å². The summed E-state index contributed by atoms with van der Waals surface area (Å²) in [5.74, 6) is 1.35. The summed E-state index contributed by atoms with van der Waals surface area (Å²) in [5.41, 5.74) is 2.89. The second-order valence-corrected chi connectivity index (χ2v) is 8.01. The van der Waals surface area contributed by atoms with Crippen LogP contribution in [0.3, 0.4) is 0 Å². The van der Waals surface area contributed by atoms with Crippen LogP contribution in [0, 0.1) is 0 Å². The number of nitrogens with zero attached hydrogens (tertiary/aromatic N) is 3. The molecule has 2 heterocycles. The number of aromatic nitrogens is 2. The molecule has 2 aromatic carbocycles. The van der Waals surface area contributed by atoms with Crippen molar-refractivity contribution in [3.05, 3.63) is 59.9 Å². The van der Waals surface area contributed by atoms with E-state index in [0.717, 1.165) is 28.2 Å². The lowest BCUT2D eigenvalue weighted by Crippen LogP contribution is -2.56. The van der Waals surface area contributed by atoms with Crippen molar-refractivity contribution >= 4 is 22.8 Å².